The number of carboxylic acid groups (broad SMARTS) is 2. The number of hydrogen-bond acceptors (Lipinski definition) is 4. The Labute approximate surface area is 91.1 Å². The Morgan fingerprint density at radius 2 is 1.73 bits per heavy atom. The van der Waals surface area contributed by atoms with E-state index in [0.29, 0.717) is 10.6 Å². The molecule has 15 heavy (non-hydrogen) atoms. The third-order valence-electron chi connectivity index (χ3n) is 1.93. The van der Waals surface area contributed by atoms with Crippen molar-refractivity contribution in [2.45, 2.75) is 12.3 Å². The molecule has 0 aliphatic rings. The second kappa shape index (κ2) is 4.79. The number of halogens is 1. The number of carbonyl (C=O) groups is 2. The van der Waals surface area contributed by atoms with Crippen molar-refractivity contribution in [2.75, 3.05) is 0 Å². The van der Waals surface area contributed by atoms with Gasteiger partial charge < -0.3 is 19.8 Å². The maximum absolute atomic E-state index is 10.7. The molecule has 0 bridgehead atoms. The first-order valence-corrected chi connectivity index (χ1v) is 4.54. The zero-order valence-electron chi connectivity index (χ0n) is 7.60. The molecule has 0 aromatic heterocycles. The molecular weight excluding hydrogens is 220 g/mol. The van der Waals surface area contributed by atoms with E-state index >= 15 is 0 Å². The third-order valence-corrected chi connectivity index (χ3v) is 2.18. The summed E-state index contributed by atoms with van der Waals surface area (Å²) in [6, 6.07) is 5.88. The summed E-state index contributed by atoms with van der Waals surface area (Å²) in [4.78, 5) is 21.0. The Morgan fingerprint density at radius 3 is 2.13 bits per heavy atom. The molecule has 0 saturated heterocycles. The van der Waals surface area contributed by atoms with Gasteiger partial charge in [-0.15, -0.1) is 0 Å². The molecule has 5 heteroatoms. The normalized spacial score (nSPS) is 12.1. The lowest BCUT2D eigenvalue weighted by Gasteiger charge is -2.18. The van der Waals surface area contributed by atoms with Crippen molar-refractivity contribution >= 4 is 23.5 Å². The molecule has 0 radical (unpaired) electrons. The molecule has 1 rings (SSSR count). The van der Waals surface area contributed by atoms with Gasteiger partial charge in [0.25, 0.3) is 0 Å². The summed E-state index contributed by atoms with van der Waals surface area (Å²) < 4.78 is 0. The van der Waals surface area contributed by atoms with E-state index in [9.17, 15) is 19.8 Å². The van der Waals surface area contributed by atoms with E-state index < -0.39 is 24.3 Å². The number of carboxylic acids is 2. The lowest BCUT2D eigenvalue weighted by atomic mass is 9.96. The first-order chi connectivity index (χ1) is 7.00. The Hall–Kier alpha value is -1.55. The van der Waals surface area contributed by atoms with E-state index in [-0.39, 0.29) is 0 Å². The second-order valence-electron chi connectivity index (χ2n) is 3.00. The van der Waals surface area contributed by atoms with Gasteiger partial charge in [0.1, 0.15) is 0 Å². The first kappa shape index (κ1) is 11.5. The molecule has 80 valence electrons. The minimum absolute atomic E-state index is 0.337. The van der Waals surface area contributed by atoms with E-state index in [0.717, 1.165) is 0 Å². The topological polar surface area (TPSA) is 80.3 Å². The van der Waals surface area contributed by atoms with Gasteiger partial charge in [0, 0.05) is 22.9 Å². The smallest absolute Gasteiger partial charge is 0.0493 e. The lowest BCUT2D eigenvalue weighted by molar-refractivity contribution is -0.317. The van der Waals surface area contributed by atoms with Gasteiger partial charge in [-0.2, -0.15) is 0 Å². The molecule has 0 aliphatic carbocycles. The fourth-order valence-electron chi connectivity index (χ4n) is 1.20. The second-order valence-corrected chi connectivity index (χ2v) is 3.44. The van der Waals surface area contributed by atoms with Crippen molar-refractivity contribution in [3.05, 3.63) is 34.9 Å². The highest BCUT2D eigenvalue weighted by atomic mass is 35.5. The lowest BCUT2D eigenvalue weighted by Crippen LogP contribution is -2.34. The van der Waals surface area contributed by atoms with Crippen LogP contribution in [0.4, 0.5) is 0 Å². The molecule has 0 N–H and O–H groups in total. The van der Waals surface area contributed by atoms with Crippen LogP contribution in [0.25, 0.3) is 0 Å². The molecule has 1 unspecified atom stereocenters. The Balaban J connectivity index is 2.94. The summed E-state index contributed by atoms with van der Waals surface area (Å²) in [7, 11) is 0. The molecule has 0 saturated carbocycles. The van der Waals surface area contributed by atoms with Crippen molar-refractivity contribution in [1.29, 1.82) is 0 Å². The maximum atomic E-state index is 10.7. The average molecular weight is 227 g/mol. The molecule has 0 heterocycles. The summed E-state index contributed by atoms with van der Waals surface area (Å²) in [5.41, 5.74) is 0.337. The zero-order chi connectivity index (χ0) is 11.4. The van der Waals surface area contributed by atoms with E-state index in [1.165, 1.54) is 24.3 Å². The van der Waals surface area contributed by atoms with Gasteiger partial charge in [-0.05, 0) is 24.1 Å². The van der Waals surface area contributed by atoms with Gasteiger partial charge in [0.2, 0.25) is 0 Å². The van der Waals surface area contributed by atoms with Crippen LogP contribution >= 0.6 is 11.6 Å². The van der Waals surface area contributed by atoms with Crippen molar-refractivity contribution < 1.29 is 19.8 Å². The van der Waals surface area contributed by atoms with Crippen molar-refractivity contribution in [2.24, 2.45) is 0 Å². The van der Waals surface area contributed by atoms with Crippen molar-refractivity contribution in [1.82, 2.24) is 0 Å². The molecule has 1 atom stereocenters. The largest absolute Gasteiger partial charge is 0.550 e. The number of benzene rings is 1. The van der Waals surface area contributed by atoms with Crippen molar-refractivity contribution in [3.8, 4) is 0 Å². The average Bonchev–Trinajstić information content (AvgIpc) is 2.15. The van der Waals surface area contributed by atoms with Crippen LogP contribution in [0.2, 0.25) is 5.02 Å². The molecular formula is C10H7ClO4-2. The highest BCUT2D eigenvalue weighted by Crippen LogP contribution is 2.20. The number of aliphatic carboxylic acids is 2. The van der Waals surface area contributed by atoms with Gasteiger partial charge >= 0.3 is 0 Å². The standard InChI is InChI=1S/C10H9ClO4/c11-7-3-1-6(2-4-7)8(10(14)15)5-9(12)13/h1-4,8H,5H2,(H,12,13)(H,14,15)/p-2. The van der Waals surface area contributed by atoms with Gasteiger partial charge in [-0.3, -0.25) is 0 Å². The third kappa shape index (κ3) is 3.25. The van der Waals surface area contributed by atoms with Gasteiger partial charge in [-0.25, -0.2) is 0 Å². The Bertz CT molecular complexity index is 372. The van der Waals surface area contributed by atoms with E-state index in [1.54, 1.807) is 0 Å². The molecule has 0 fully saturated rings. The minimum Gasteiger partial charge on any atom is -0.550 e. The molecule has 0 aliphatic heterocycles. The van der Waals surface area contributed by atoms with Gasteiger partial charge in [0.05, 0.1) is 0 Å². The molecule has 4 nitrogen and oxygen atoms in total. The Kier molecular flexibility index (Phi) is 3.68. The SMILES string of the molecule is O=C([O-])CC(C(=O)[O-])c1ccc(Cl)cc1. The summed E-state index contributed by atoms with van der Waals surface area (Å²) in [5, 5.41) is 21.5. The van der Waals surface area contributed by atoms with Crippen LogP contribution < -0.4 is 10.2 Å². The number of carbonyl (C=O) groups excluding carboxylic acids is 2. The fourth-order valence-corrected chi connectivity index (χ4v) is 1.33. The van der Waals surface area contributed by atoms with Crippen LogP contribution in [-0.4, -0.2) is 11.9 Å². The summed E-state index contributed by atoms with van der Waals surface area (Å²) >= 11 is 5.61. The maximum Gasteiger partial charge on any atom is 0.0493 e. The van der Waals surface area contributed by atoms with Crippen LogP contribution in [0.15, 0.2) is 24.3 Å². The van der Waals surface area contributed by atoms with Gasteiger partial charge in [0.15, 0.2) is 0 Å². The minimum atomic E-state index is -1.44. The van der Waals surface area contributed by atoms with Gasteiger partial charge in [-0.1, -0.05) is 23.7 Å². The number of hydrogen-bond donors (Lipinski definition) is 0. The summed E-state index contributed by atoms with van der Waals surface area (Å²) in [6.45, 7) is 0. The quantitative estimate of drug-likeness (QED) is 0.681. The highest BCUT2D eigenvalue weighted by Gasteiger charge is 2.12. The van der Waals surface area contributed by atoms with E-state index in [4.69, 9.17) is 11.6 Å². The molecule has 0 amide bonds. The highest BCUT2D eigenvalue weighted by molar-refractivity contribution is 6.30. The predicted octanol–water partition coefficient (Wildman–Crippen LogP) is -0.686. The molecule has 1 aromatic rings. The van der Waals surface area contributed by atoms with Crippen molar-refractivity contribution in [3.63, 3.8) is 0 Å². The van der Waals surface area contributed by atoms with Crippen LogP contribution in [0.1, 0.15) is 17.9 Å². The molecule has 0 spiro atoms. The van der Waals surface area contributed by atoms with Crippen LogP contribution in [-0.2, 0) is 9.59 Å². The first-order valence-electron chi connectivity index (χ1n) is 4.17. The zero-order valence-corrected chi connectivity index (χ0v) is 8.36. The van der Waals surface area contributed by atoms with Crippen LogP contribution in [0.3, 0.4) is 0 Å². The monoisotopic (exact) mass is 226 g/mol. The van der Waals surface area contributed by atoms with Crippen LogP contribution in [0.5, 0.6) is 0 Å². The number of rotatable bonds is 4. The Morgan fingerprint density at radius 1 is 1.20 bits per heavy atom. The molecule has 1 aromatic carbocycles. The predicted molar refractivity (Wildman–Crippen MR) is 48.8 cm³/mol. The van der Waals surface area contributed by atoms with E-state index in [1.807, 2.05) is 0 Å². The fraction of sp³-hybridized carbons (Fsp3) is 0.200. The van der Waals surface area contributed by atoms with E-state index in [2.05, 4.69) is 0 Å². The van der Waals surface area contributed by atoms with Crippen LogP contribution in [0, 0.1) is 0 Å². The summed E-state index contributed by atoms with van der Waals surface area (Å²) in [6.07, 6.45) is -0.607. The summed E-state index contributed by atoms with van der Waals surface area (Å²) in [5.74, 6) is -4.08.